The van der Waals surface area contributed by atoms with Crippen molar-refractivity contribution in [1.82, 2.24) is 5.32 Å². The number of carbonyl (C=O) groups is 1. The predicted molar refractivity (Wildman–Crippen MR) is 136 cm³/mol. The van der Waals surface area contributed by atoms with E-state index >= 15 is 0 Å². The summed E-state index contributed by atoms with van der Waals surface area (Å²) < 4.78 is 7.17. The number of fused-ring (bicyclic) bond motifs is 1. The molecule has 0 spiro atoms. The van der Waals surface area contributed by atoms with Crippen LogP contribution in [-0.2, 0) is 11.4 Å². The summed E-state index contributed by atoms with van der Waals surface area (Å²) in [5.74, 6) is 0.747. The van der Waals surface area contributed by atoms with Crippen molar-refractivity contribution in [3.05, 3.63) is 81.8 Å². The lowest BCUT2D eigenvalue weighted by Crippen LogP contribution is -2.41. The molecule has 1 amide bonds. The average molecular weight is 503 g/mol. The SMILES string of the molecule is C[C@H]1CCCC[C@@H]1NC(=O)/C(C#N)=C/c1c(OCc2ccc(Br)cc2)ccc2ccccc12. The van der Waals surface area contributed by atoms with Gasteiger partial charge in [0, 0.05) is 16.1 Å². The van der Waals surface area contributed by atoms with Gasteiger partial charge < -0.3 is 10.1 Å². The van der Waals surface area contributed by atoms with E-state index in [4.69, 9.17) is 4.74 Å². The van der Waals surface area contributed by atoms with Gasteiger partial charge in [-0.2, -0.15) is 5.26 Å². The second-order valence-corrected chi connectivity index (χ2v) is 9.54. The Hall–Kier alpha value is -3.10. The quantitative estimate of drug-likeness (QED) is 0.298. The summed E-state index contributed by atoms with van der Waals surface area (Å²) in [5.41, 5.74) is 1.87. The van der Waals surface area contributed by atoms with Crippen LogP contribution in [0, 0.1) is 17.2 Å². The van der Waals surface area contributed by atoms with E-state index < -0.39 is 0 Å². The lowest BCUT2D eigenvalue weighted by molar-refractivity contribution is -0.118. The van der Waals surface area contributed by atoms with Crippen molar-refractivity contribution in [3.63, 3.8) is 0 Å². The van der Waals surface area contributed by atoms with Gasteiger partial charge in [-0.15, -0.1) is 0 Å². The highest BCUT2D eigenvalue weighted by atomic mass is 79.9. The highest BCUT2D eigenvalue weighted by Gasteiger charge is 2.24. The van der Waals surface area contributed by atoms with Gasteiger partial charge in [-0.1, -0.05) is 78.2 Å². The Balaban J connectivity index is 1.65. The fourth-order valence-electron chi connectivity index (χ4n) is 4.36. The largest absolute Gasteiger partial charge is 0.488 e. The molecule has 1 aliphatic carbocycles. The molecule has 1 saturated carbocycles. The van der Waals surface area contributed by atoms with Crippen LogP contribution in [0.5, 0.6) is 5.75 Å². The molecule has 5 heteroatoms. The number of hydrogen-bond acceptors (Lipinski definition) is 3. The molecule has 1 fully saturated rings. The van der Waals surface area contributed by atoms with Crippen molar-refractivity contribution >= 4 is 38.7 Å². The van der Waals surface area contributed by atoms with Crippen LogP contribution in [0.2, 0.25) is 0 Å². The zero-order chi connectivity index (χ0) is 23.2. The normalized spacial score (nSPS) is 18.5. The highest BCUT2D eigenvalue weighted by Crippen LogP contribution is 2.31. The van der Waals surface area contributed by atoms with Gasteiger partial charge in [0.05, 0.1) is 0 Å². The van der Waals surface area contributed by atoms with Crippen LogP contribution in [0.3, 0.4) is 0 Å². The first kappa shape index (κ1) is 23.1. The molecular formula is C28H27BrN2O2. The van der Waals surface area contributed by atoms with Gasteiger partial charge in [0.15, 0.2) is 0 Å². The lowest BCUT2D eigenvalue weighted by atomic mass is 9.86. The number of nitrogens with zero attached hydrogens (tertiary/aromatic N) is 1. The predicted octanol–water partition coefficient (Wildman–Crippen LogP) is 6.78. The second-order valence-electron chi connectivity index (χ2n) is 8.63. The number of carbonyl (C=O) groups excluding carboxylic acids is 1. The number of nitrogens with one attached hydrogen (secondary N) is 1. The molecule has 0 aliphatic heterocycles. The summed E-state index contributed by atoms with van der Waals surface area (Å²) in [6.07, 6.45) is 6.04. The smallest absolute Gasteiger partial charge is 0.262 e. The Labute approximate surface area is 203 Å². The summed E-state index contributed by atoms with van der Waals surface area (Å²) >= 11 is 3.45. The maximum absolute atomic E-state index is 13.0. The molecule has 3 aromatic rings. The molecule has 0 bridgehead atoms. The minimum atomic E-state index is -0.317. The second kappa shape index (κ2) is 10.7. The Morgan fingerprint density at radius 1 is 1.12 bits per heavy atom. The summed E-state index contributed by atoms with van der Waals surface area (Å²) in [7, 11) is 0. The van der Waals surface area contributed by atoms with Gasteiger partial charge in [-0.05, 0) is 59.4 Å². The first-order valence-electron chi connectivity index (χ1n) is 11.4. The van der Waals surface area contributed by atoms with E-state index in [1.165, 1.54) is 6.42 Å². The summed E-state index contributed by atoms with van der Waals surface area (Å²) in [6.45, 7) is 2.55. The average Bonchev–Trinajstić information content (AvgIpc) is 2.84. The lowest BCUT2D eigenvalue weighted by Gasteiger charge is -2.29. The molecular weight excluding hydrogens is 476 g/mol. The number of benzene rings is 3. The van der Waals surface area contributed by atoms with Gasteiger partial charge >= 0.3 is 0 Å². The van der Waals surface area contributed by atoms with E-state index in [2.05, 4.69) is 34.2 Å². The van der Waals surface area contributed by atoms with Crippen molar-refractivity contribution in [1.29, 1.82) is 5.26 Å². The third-order valence-corrected chi connectivity index (χ3v) is 6.85. The van der Waals surface area contributed by atoms with Gasteiger partial charge in [-0.25, -0.2) is 0 Å². The molecule has 0 radical (unpaired) electrons. The number of nitriles is 1. The minimum absolute atomic E-state index is 0.0950. The first-order valence-corrected chi connectivity index (χ1v) is 12.2. The third-order valence-electron chi connectivity index (χ3n) is 6.32. The van der Waals surface area contributed by atoms with E-state index in [0.29, 0.717) is 18.3 Å². The van der Waals surface area contributed by atoms with Gasteiger partial charge in [0.2, 0.25) is 0 Å². The summed E-state index contributed by atoms with van der Waals surface area (Å²) in [4.78, 5) is 13.0. The van der Waals surface area contributed by atoms with Crippen LogP contribution >= 0.6 is 15.9 Å². The molecule has 0 heterocycles. The van der Waals surface area contributed by atoms with Crippen LogP contribution < -0.4 is 10.1 Å². The Kier molecular flexibility index (Phi) is 7.47. The first-order chi connectivity index (χ1) is 16.0. The molecule has 4 rings (SSSR count). The number of halogens is 1. The van der Waals surface area contributed by atoms with Crippen molar-refractivity contribution < 1.29 is 9.53 Å². The van der Waals surface area contributed by atoms with Crippen molar-refractivity contribution in [3.8, 4) is 11.8 Å². The van der Waals surface area contributed by atoms with Crippen molar-refractivity contribution in [2.45, 2.75) is 45.3 Å². The van der Waals surface area contributed by atoms with Gasteiger partial charge in [-0.3, -0.25) is 4.79 Å². The zero-order valence-electron chi connectivity index (χ0n) is 18.7. The maximum Gasteiger partial charge on any atom is 0.262 e. The molecule has 33 heavy (non-hydrogen) atoms. The fourth-order valence-corrected chi connectivity index (χ4v) is 4.63. The van der Waals surface area contributed by atoms with Crippen molar-refractivity contribution in [2.24, 2.45) is 5.92 Å². The van der Waals surface area contributed by atoms with E-state index in [9.17, 15) is 10.1 Å². The Bertz CT molecular complexity index is 1210. The van der Waals surface area contributed by atoms with Crippen LogP contribution in [0.25, 0.3) is 16.8 Å². The molecule has 4 nitrogen and oxygen atoms in total. The molecule has 0 aromatic heterocycles. The molecule has 0 saturated heterocycles. The number of hydrogen-bond donors (Lipinski definition) is 1. The molecule has 1 aliphatic rings. The zero-order valence-corrected chi connectivity index (χ0v) is 20.3. The Morgan fingerprint density at radius 2 is 1.88 bits per heavy atom. The van der Waals surface area contributed by atoms with E-state index in [1.54, 1.807) is 6.08 Å². The van der Waals surface area contributed by atoms with Gasteiger partial charge in [0.25, 0.3) is 5.91 Å². The summed E-state index contributed by atoms with van der Waals surface area (Å²) in [5, 5.41) is 14.9. The van der Waals surface area contributed by atoms with Crippen LogP contribution in [0.1, 0.15) is 43.7 Å². The Morgan fingerprint density at radius 3 is 2.64 bits per heavy atom. The van der Waals surface area contributed by atoms with Crippen LogP contribution in [-0.4, -0.2) is 11.9 Å². The number of amides is 1. The highest BCUT2D eigenvalue weighted by molar-refractivity contribution is 9.10. The molecule has 2 atom stereocenters. The standard InChI is InChI=1S/C28H27BrN2O2/c1-19-6-2-5-9-26(19)31-28(32)22(17-30)16-25-24-8-4-3-7-21(24)12-15-27(25)33-18-20-10-13-23(29)14-11-20/h3-4,7-8,10-16,19,26H,2,5-6,9,18H2,1H3,(H,31,32)/b22-16+/t19-,26-/m0/s1. The van der Waals surface area contributed by atoms with Crippen molar-refractivity contribution in [2.75, 3.05) is 0 Å². The van der Waals surface area contributed by atoms with Gasteiger partial charge in [0.1, 0.15) is 24.0 Å². The van der Waals surface area contributed by atoms with Crippen LogP contribution in [0.4, 0.5) is 0 Å². The summed E-state index contributed by atoms with van der Waals surface area (Å²) in [6, 6.07) is 22.0. The topological polar surface area (TPSA) is 62.1 Å². The number of ether oxygens (including phenoxy) is 1. The minimum Gasteiger partial charge on any atom is -0.488 e. The van der Waals surface area contributed by atoms with E-state index in [1.807, 2.05) is 60.7 Å². The molecule has 168 valence electrons. The fraction of sp³-hybridized carbons (Fsp3) is 0.286. The van der Waals surface area contributed by atoms with E-state index in [0.717, 1.165) is 45.6 Å². The van der Waals surface area contributed by atoms with E-state index in [-0.39, 0.29) is 17.5 Å². The molecule has 3 aromatic carbocycles. The molecule has 1 N–H and O–H groups in total. The maximum atomic E-state index is 13.0. The monoisotopic (exact) mass is 502 g/mol. The number of rotatable bonds is 6. The molecule has 0 unspecified atom stereocenters. The van der Waals surface area contributed by atoms with Crippen LogP contribution in [0.15, 0.2) is 70.7 Å². The third kappa shape index (κ3) is 5.64.